The van der Waals surface area contributed by atoms with E-state index in [0.29, 0.717) is 0 Å². The van der Waals surface area contributed by atoms with Crippen molar-refractivity contribution < 1.29 is 12.6 Å². The Kier molecular flexibility index (Phi) is 3.97. The molecular formula is C7H14O3SSi. The highest BCUT2D eigenvalue weighted by molar-refractivity contribution is 7.86. The average molecular weight is 206 g/mol. The summed E-state index contributed by atoms with van der Waals surface area (Å²) >= 11 is 0. The summed E-state index contributed by atoms with van der Waals surface area (Å²) in [6, 6.07) is 0. The second kappa shape index (κ2) is 4.08. The minimum Gasteiger partial charge on any atom is -0.257 e. The Bertz CT molecular complexity index is 289. The largest absolute Gasteiger partial charge is 0.265 e. The molecule has 0 aromatic rings. The van der Waals surface area contributed by atoms with E-state index in [1.807, 2.05) is 0 Å². The van der Waals surface area contributed by atoms with Gasteiger partial charge in [0, 0.05) is 0 Å². The van der Waals surface area contributed by atoms with Crippen molar-refractivity contribution in [2.24, 2.45) is 0 Å². The van der Waals surface area contributed by atoms with Gasteiger partial charge in [-0.25, -0.2) is 0 Å². The first-order valence-corrected chi connectivity index (χ1v) is 8.87. The molecule has 0 aliphatic heterocycles. The van der Waals surface area contributed by atoms with Gasteiger partial charge in [0.25, 0.3) is 10.1 Å². The summed E-state index contributed by atoms with van der Waals surface area (Å²) in [4.78, 5) is 0. The molecule has 0 amide bonds. The van der Waals surface area contributed by atoms with Crippen LogP contribution in [0.15, 0.2) is 0 Å². The zero-order valence-corrected chi connectivity index (χ0v) is 9.66. The van der Waals surface area contributed by atoms with Crippen molar-refractivity contribution in [1.82, 2.24) is 0 Å². The fraction of sp³-hybridized carbons (Fsp3) is 0.714. The third kappa shape index (κ3) is 9.69. The van der Waals surface area contributed by atoms with Gasteiger partial charge in [0.1, 0.15) is 14.7 Å². The molecule has 3 nitrogen and oxygen atoms in total. The zero-order chi connectivity index (χ0) is 9.83. The molecule has 0 saturated heterocycles. The van der Waals surface area contributed by atoms with Gasteiger partial charge in [0.15, 0.2) is 0 Å². The van der Waals surface area contributed by atoms with E-state index < -0.39 is 18.2 Å². The Balaban J connectivity index is 3.92. The molecule has 0 aliphatic carbocycles. The van der Waals surface area contributed by atoms with Gasteiger partial charge in [-0.3, -0.25) is 4.18 Å². The summed E-state index contributed by atoms with van der Waals surface area (Å²) in [5.41, 5.74) is 2.99. The Morgan fingerprint density at radius 2 is 1.83 bits per heavy atom. The van der Waals surface area contributed by atoms with Gasteiger partial charge in [0.05, 0.1) is 6.26 Å². The molecule has 0 heterocycles. The molecule has 0 aromatic carbocycles. The van der Waals surface area contributed by atoms with Crippen LogP contribution in [0.2, 0.25) is 19.6 Å². The normalized spacial score (nSPS) is 12.0. The van der Waals surface area contributed by atoms with E-state index in [-0.39, 0.29) is 6.61 Å². The van der Waals surface area contributed by atoms with Gasteiger partial charge in [0.2, 0.25) is 0 Å². The Morgan fingerprint density at radius 1 is 1.33 bits per heavy atom. The molecule has 0 bridgehead atoms. The van der Waals surface area contributed by atoms with Crippen molar-refractivity contribution in [2.75, 3.05) is 12.9 Å². The molecule has 0 radical (unpaired) electrons. The summed E-state index contributed by atoms with van der Waals surface area (Å²) in [5.74, 6) is 2.69. The van der Waals surface area contributed by atoms with Crippen LogP contribution in [0.1, 0.15) is 0 Å². The fourth-order valence-corrected chi connectivity index (χ4v) is 1.31. The molecule has 0 aliphatic rings. The number of hydrogen-bond donors (Lipinski definition) is 0. The van der Waals surface area contributed by atoms with Crippen molar-refractivity contribution in [3.63, 3.8) is 0 Å². The third-order valence-corrected chi connectivity index (χ3v) is 2.28. The van der Waals surface area contributed by atoms with Crippen LogP contribution < -0.4 is 0 Å². The molecule has 0 spiro atoms. The number of hydrogen-bond acceptors (Lipinski definition) is 3. The van der Waals surface area contributed by atoms with Crippen LogP contribution in [0.5, 0.6) is 0 Å². The van der Waals surface area contributed by atoms with Crippen LogP contribution in [-0.4, -0.2) is 29.4 Å². The van der Waals surface area contributed by atoms with E-state index in [4.69, 9.17) is 0 Å². The van der Waals surface area contributed by atoms with Crippen LogP contribution in [0.3, 0.4) is 0 Å². The molecule has 12 heavy (non-hydrogen) atoms. The van der Waals surface area contributed by atoms with E-state index in [0.717, 1.165) is 6.26 Å². The standard InChI is InChI=1S/C7H14O3SSi/c1-11(8,9)10-6-5-7-12(2,3)4/h6H2,1-4H3. The average Bonchev–Trinajstić information content (AvgIpc) is 1.76. The second-order valence-corrected chi connectivity index (χ2v) is 9.91. The molecule has 0 saturated carbocycles. The zero-order valence-electron chi connectivity index (χ0n) is 7.84. The predicted octanol–water partition coefficient (Wildman–Crippen LogP) is 0.843. The van der Waals surface area contributed by atoms with Crippen molar-refractivity contribution >= 4 is 18.2 Å². The topological polar surface area (TPSA) is 43.4 Å². The van der Waals surface area contributed by atoms with Gasteiger partial charge < -0.3 is 0 Å². The van der Waals surface area contributed by atoms with E-state index in [1.165, 1.54) is 0 Å². The van der Waals surface area contributed by atoms with Crippen molar-refractivity contribution in [2.45, 2.75) is 19.6 Å². The summed E-state index contributed by atoms with van der Waals surface area (Å²) in [6.45, 7) is 6.23. The monoisotopic (exact) mass is 206 g/mol. The van der Waals surface area contributed by atoms with Crippen LogP contribution in [0, 0.1) is 11.5 Å². The molecule has 0 N–H and O–H groups in total. The van der Waals surface area contributed by atoms with E-state index in [2.05, 4.69) is 35.3 Å². The second-order valence-electron chi connectivity index (χ2n) is 3.52. The Labute approximate surface area is 75.3 Å². The van der Waals surface area contributed by atoms with Crippen molar-refractivity contribution in [3.05, 3.63) is 0 Å². The van der Waals surface area contributed by atoms with Crippen LogP contribution in [-0.2, 0) is 14.3 Å². The van der Waals surface area contributed by atoms with Crippen LogP contribution in [0.4, 0.5) is 0 Å². The molecule has 0 fully saturated rings. The van der Waals surface area contributed by atoms with Crippen molar-refractivity contribution in [1.29, 1.82) is 0 Å². The first-order valence-electron chi connectivity index (χ1n) is 3.55. The highest BCUT2D eigenvalue weighted by atomic mass is 32.2. The van der Waals surface area contributed by atoms with Crippen molar-refractivity contribution in [3.8, 4) is 11.5 Å². The van der Waals surface area contributed by atoms with Gasteiger partial charge in [-0.05, 0) is 0 Å². The van der Waals surface area contributed by atoms with E-state index in [1.54, 1.807) is 0 Å². The summed E-state index contributed by atoms with van der Waals surface area (Å²) in [6.07, 6.45) is 1.02. The lowest BCUT2D eigenvalue weighted by Gasteiger charge is -2.03. The number of rotatable bonds is 2. The summed E-state index contributed by atoms with van der Waals surface area (Å²) in [5, 5.41) is 0. The minimum absolute atomic E-state index is 0.0247. The van der Waals surface area contributed by atoms with Gasteiger partial charge >= 0.3 is 0 Å². The van der Waals surface area contributed by atoms with Gasteiger partial charge in [-0.1, -0.05) is 25.6 Å². The summed E-state index contributed by atoms with van der Waals surface area (Å²) in [7, 11) is -4.72. The first kappa shape index (κ1) is 11.7. The SMILES string of the molecule is C[Si](C)(C)C#CCOS(C)(=O)=O. The van der Waals surface area contributed by atoms with E-state index in [9.17, 15) is 8.42 Å². The maximum absolute atomic E-state index is 10.5. The van der Waals surface area contributed by atoms with Gasteiger partial charge in [-0.15, -0.1) is 5.54 Å². The molecule has 0 aromatic heterocycles. The molecular weight excluding hydrogens is 192 g/mol. The van der Waals surface area contributed by atoms with Crippen LogP contribution >= 0.6 is 0 Å². The molecule has 0 unspecified atom stereocenters. The lowest BCUT2D eigenvalue weighted by atomic mass is 10.8. The Morgan fingerprint density at radius 3 is 2.17 bits per heavy atom. The molecule has 70 valence electrons. The van der Waals surface area contributed by atoms with Gasteiger partial charge in [-0.2, -0.15) is 8.42 Å². The lowest BCUT2D eigenvalue weighted by Crippen LogP contribution is -2.16. The highest BCUT2D eigenvalue weighted by Gasteiger charge is 2.07. The smallest absolute Gasteiger partial charge is 0.257 e. The quantitative estimate of drug-likeness (QED) is 0.382. The third-order valence-electron chi connectivity index (χ3n) is 0.809. The highest BCUT2D eigenvalue weighted by Crippen LogP contribution is 1.96. The predicted molar refractivity (Wildman–Crippen MR) is 51.9 cm³/mol. The van der Waals surface area contributed by atoms with Crippen LogP contribution in [0.25, 0.3) is 0 Å². The Hall–Kier alpha value is -0.313. The summed E-state index contributed by atoms with van der Waals surface area (Å²) < 4.78 is 25.4. The minimum atomic E-state index is -3.33. The molecule has 0 atom stereocenters. The maximum Gasteiger partial charge on any atom is 0.265 e. The lowest BCUT2D eigenvalue weighted by molar-refractivity contribution is 0.368. The fourth-order valence-electron chi connectivity index (χ4n) is 0.438. The maximum atomic E-state index is 10.5. The van der Waals surface area contributed by atoms with E-state index >= 15 is 0 Å². The molecule has 5 heteroatoms. The first-order chi connectivity index (χ1) is 5.21. The molecule has 0 rings (SSSR count).